The lowest BCUT2D eigenvalue weighted by molar-refractivity contribution is -0.136. The Morgan fingerprint density at radius 3 is 2.45 bits per heavy atom. The number of urea groups is 1. The molecule has 2 N–H and O–H groups in total. The van der Waals surface area contributed by atoms with Crippen molar-refractivity contribution in [3.8, 4) is 0 Å². The molecule has 1 aromatic carbocycles. The molecule has 168 valence electrons. The Labute approximate surface area is 182 Å². The first-order valence-electron chi connectivity index (χ1n) is 10.8. The quantitative estimate of drug-likeness (QED) is 0.668. The molecule has 2 saturated heterocycles. The van der Waals surface area contributed by atoms with Crippen LogP contribution in [0.4, 0.5) is 10.5 Å². The summed E-state index contributed by atoms with van der Waals surface area (Å²) in [6, 6.07) is 5.39. The molecule has 2 unspecified atom stereocenters. The fourth-order valence-corrected chi connectivity index (χ4v) is 6.29. The van der Waals surface area contributed by atoms with Crippen LogP contribution in [0.25, 0.3) is 0 Å². The van der Waals surface area contributed by atoms with Crippen LogP contribution in [0.3, 0.4) is 0 Å². The van der Waals surface area contributed by atoms with Gasteiger partial charge in [0.15, 0.2) is 0 Å². The zero-order chi connectivity index (χ0) is 22.2. The summed E-state index contributed by atoms with van der Waals surface area (Å²) >= 11 is 0. The second kappa shape index (κ2) is 8.23. The topological polar surface area (TPSA) is 116 Å². The van der Waals surface area contributed by atoms with Gasteiger partial charge in [-0.15, -0.1) is 0 Å². The predicted molar refractivity (Wildman–Crippen MR) is 114 cm³/mol. The highest BCUT2D eigenvalue weighted by Crippen LogP contribution is 2.38. The number of imide groups is 1. The number of hydrogen-bond donors (Lipinski definition) is 2. The minimum atomic E-state index is -3.52. The highest BCUT2D eigenvalue weighted by atomic mass is 32.2. The van der Waals surface area contributed by atoms with E-state index in [1.54, 1.807) is 0 Å². The second-order valence-corrected chi connectivity index (χ2v) is 10.6. The predicted octanol–water partition coefficient (Wildman–Crippen LogP) is 1.91. The van der Waals surface area contributed by atoms with Gasteiger partial charge in [-0.2, -0.15) is 4.31 Å². The molecule has 1 aromatic rings. The largest absolute Gasteiger partial charge is 0.325 e. The highest BCUT2D eigenvalue weighted by Gasteiger charge is 2.55. The van der Waals surface area contributed by atoms with Gasteiger partial charge in [0.1, 0.15) is 12.1 Å². The Kier molecular flexibility index (Phi) is 5.78. The molecule has 2 atom stereocenters. The smallest absolute Gasteiger partial charge is 0.325 e. The van der Waals surface area contributed by atoms with Crippen LogP contribution in [0, 0.1) is 5.92 Å². The molecule has 4 rings (SSSR count). The number of nitrogens with one attached hydrogen (secondary N) is 2. The molecule has 1 spiro atoms. The van der Waals surface area contributed by atoms with E-state index >= 15 is 0 Å². The molecule has 0 bridgehead atoms. The Balaban J connectivity index is 1.40. The molecule has 1 saturated carbocycles. The standard InChI is InChI=1S/C21H28N4O5S/c1-15-6-2-3-11-21(15)19(27)25(20(28)23-21)14-18(26)22-16-7-9-17(10-8-16)31(29,30)24-12-4-5-13-24/h7-10,15H,2-6,11-14H2,1H3,(H,22,26)(H,23,28). The van der Waals surface area contributed by atoms with Crippen molar-refractivity contribution < 1.29 is 22.8 Å². The van der Waals surface area contributed by atoms with Crippen molar-refractivity contribution in [2.75, 3.05) is 25.0 Å². The van der Waals surface area contributed by atoms with E-state index in [2.05, 4.69) is 10.6 Å². The molecule has 0 radical (unpaired) electrons. The van der Waals surface area contributed by atoms with Crippen molar-refractivity contribution in [2.24, 2.45) is 5.92 Å². The van der Waals surface area contributed by atoms with Gasteiger partial charge in [-0.05, 0) is 55.9 Å². The van der Waals surface area contributed by atoms with Gasteiger partial charge in [0, 0.05) is 18.8 Å². The number of rotatable bonds is 5. The van der Waals surface area contributed by atoms with Gasteiger partial charge < -0.3 is 10.6 Å². The molecular formula is C21H28N4O5S. The van der Waals surface area contributed by atoms with E-state index in [4.69, 9.17) is 0 Å². The van der Waals surface area contributed by atoms with E-state index in [1.165, 1.54) is 28.6 Å². The van der Waals surface area contributed by atoms with Crippen LogP contribution in [0.1, 0.15) is 45.4 Å². The Morgan fingerprint density at radius 2 is 1.81 bits per heavy atom. The maximum Gasteiger partial charge on any atom is 0.325 e. The summed E-state index contributed by atoms with van der Waals surface area (Å²) in [4.78, 5) is 39.0. The lowest BCUT2D eigenvalue weighted by Crippen LogP contribution is -2.54. The molecule has 0 aromatic heterocycles. The van der Waals surface area contributed by atoms with Crippen molar-refractivity contribution in [3.05, 3.63) is 24.3 Å². The van der Waals surface area contributed by atoms with E-state index in [0.717, 1.165) is 37.0 Å². The molecular weight excluding hydrogens is 420 g/mol. The molecule has 9 nitrogen and oxygen atoms in total. The molecule has 2 aliphatic heterocycles. The maximum atomic E-state index is 13.0. The lowest BCUT2D eigenvalue weighted by atomic mass is 9.73. The van der Waals surface area contributed by atoms with Gasteiger partial charge in [-0.3, -0.25) is 14.5 Å². The number of carbonyl (C=O) groups is 3. The van der Waals surface area contributed by atoms with Crippen LogP contribution in [-0.4, -0.2) is 60.6 Å². The highest BCUT2D eigenvalue weighted by molar-refractivity contribution is 7.89. The zero-order valence-corrected chi connectivity index (χ0v) is 18.4. The average molecular weight is 449 g/mol. The molecule has 10 heteroatoms. The fraction of sp³-hybridized carbons (Fsp3) is 0.571. The summed E-state index contributed by atoms with van der Waals surface area (Å²) in [5.74, 6) is -0.832. The summed E-state index contributed by atoms with van der Waals surface area (Å²) in [5, 5.41) is 5.46. The number of carbonyl (C=O) groups excluding carboxylic acids is 3. The number of nitrogens with zero attached hydrogens (tertiary/aromatic N) is 2. The second-order valence-electron chi connectivity index (χ2n) is 8.62. The first-order chi connectivity index (χ1) is 14.7. The van der Waals surface area contributed by atoms with Crippen LogP contribution in [-0.2, 0) is 19.6 Å². The van der Waals surface area contributed by atoms with Crippen LogP contribution in [0.15, 0.2) is 29.2 Å². The van der Waals surface area contributed by atoms with E-state index in [9.17, 15) is 22.8 Å². The van der Waals surface area contributed by atoms with E-state index in [-0.39, 0.29) is 23.3 Å². The molecule has 4 amide bonds. The minimum Gasteiger partial charge on any atom is -0.325 e. The number of anilines is 1. The fourth-order valence-electron chi connectivity index (χ4n) is 4.77. The van der Waals surface area contributed by atoms with Crippen LogP contribution in [0.5, 0.6) is 0 Å². The first kappa shape index (κ1) is 21.8. The van der Waals surface area contributed by atoms with Gasteiger partial charge >= 0.3 is 6.03 Å². The summed E-state index contributed by atoms with van der Waals surface area (Å²) in [6.07, 6.45) is 5.05. The summed E-state index contributed by atoms with van der Waals surface area (Å²) in [7, 11) is -3.52. The lowest BCUT2D eigenvalue weighted by Gasteiger charge is -2.36. The average Bonchev–Trinajstić information content (AvgIpc) is 3.36. The first-order valence-corrected chi connectivity index (χ1v) is 12.2. The van der Waals surface area contributed by atoms with Crippen molar-refractivity contribution in [3.63, 3.8) is 0 Å². The van der Waals surface area contributed by atoms with Crippen molar-refractivity contribution in [1.82, 2.24) is 14.5 Å². The van der Waals surface area contributed by atoms with Gasteiger partial charge in [0.05, 0.1) is 4.90 Å². The molecule has 2 heterocycles. The van der Waals surface area contributed by atoms with E-state index in [0.29, 0.717) is 25.2 Å². The summed E-state index contributed by atoms with van der Waals surface area (Å²) < 4.78 is 26.6. The van der Waals surface area contributed by atoms with Crippen LogP contribution < -0.4 is 10.6 Å². The molecule has 31 heavy (non-hydrogen) atoms. The van der Waals surface area contributed by atoms with E-state index < -0.39 is 27.5 Å². The number of benzene rings is 1. The van der Waals surface area contributed by atoms with Crippen LogP contribution >= 0.6 is 0 Å². The summed E-state index contributed by atoms with van der Waals surface area (Å²) in [5.41, 5.74) is -0.501. The summed E-state index contributed by atoms with van der Waals surface area (Å²) in [6.45, 7) is 2.62. The van der Waals surface area contributed by atoms with E-state index in [1.807, 2.05) is 6.92 Å². The minimum absolute atomic E-state index is 0.0239. The Morgan fingerprint density at radius 1 is 1.13 bits per heavy atom. The maximum absolute atomic E-state index is 13.0. The van der Waals surface area contributed by atoms with Crippen molar-refractivity contribution in [2.45, 2.75) is 55.9 Å². The van der Waals surface area contributed by atoms with Gasteiger partial charge in [-0.25, -0.2) is 13.2 Å². The van der Waals surface area contributed by atoms with Gasteiger partial charge in [0.2, 0.25) is 15.9 Å². The third-order valence-electron chi connectivity index (χ3n) is 6.64. The number of hydrogen-bond acceptors (Lipinski definition) is 5. The monoisotopic (exact) mass is 448 g/mol. The van der Waals surface area contributed by atoms with Crippen molar-refractivity contribution >= 4 is 33.6 Å². The van der Waals surface area contributed by atoms with Gasteiger partial charge in [0.25, 0.3) is 5.91 Å². The number of amides is 4. The van der Waals surface area contributed by atoms with Crippen molar-refractivity contribution in [1.29, 1.82) is 0 Å². The molecule has 3 aliphatic rings. The number of sulfonamides is 1. The third kappa shape index (κ3) is 3.94. The molecule has 1 aliphatic carbocycles. The zero-order valence-electron chi connectivity index (χ0n) is 17.6. The third-order valence-corrected chi connectivity index (χ3v) is 8.56. The SMILES string of the molecule is CC1CCCCC12NC(=O)N(CC(=O)Nc1ccc(S(=O)(=O)N3CCCC3)cc1)C2=O. The Bertz CT molecular complexity index is 988. The van der Waals surface area contributed by atoms with Gasteiger partial charge in [-0.1, -0.05) is 19.8 Å². The molecule has 3 fully saturated rings. The Hall–Kier alpha value is -2.46. The van der Waals surface area contributed by atoms with Crippen LogP contribution in [0.2, 0.25) is 0 Å². The normalized spacial score (nSPS) is 27.0.